The van der Waals surface area contributed by atoms with E-state index in [-0.39, 0.29) is 0 Å². The third kappa shape index (κ3) is 3.04. The van der Waals surface area contributed by atoms with Crippen LogP contribution in [0.25, 0.3) is 0 Å². The van der Waals surface area contributed by atoms with Gasteiger partial charge in [0, 0.05) is 26.9 Å². The van der Waals surface area contributed by atoms with Crippen LogP contribution in [-0.2, 0) is 19.0 Å². The summed E-state index contributed by atoms with van der Waals surface area (Å²) in [5.74, 6) is -1.50. The molecule has 0 saturated heterocycles. The number of carbonyl (C=O) groups excluding carboxylic acids is 1. The Morgan fingerprint density at radius 2 is 2.00 bits per heavy atom. The lowest BCUT2D eigenvalue weighted by Gasteiger charge is -2.39. The van der Waals surface area contributed by atoms with Gasteiger partial charge in [0.05, 0.1) is 11.7 Å². The average molecular weight is 284 g/mol. The molecule has 0 spiro atoms. The van der Waals surface area contributed by atoms with Crippen molar-refractivity contribution in [3.63, 3.8) is 0 Å². The normalized spacial score (nSPS) is 24.2. The van der Waals surface area contributed by atoms with Crippen LogP contribution >= 0.6 is 0 Å². The summed E-state index contributed by atoms with van der Waals surface area (Å²) in [6, 6.07) is 0. The lowest BCUT2D eigenvalue weighted by Crippen LogP contribution is -2.46. The summed E-state index contributed by atoms with van der Waals surface area (Å²) in [6.45, 7) is 12.1. The van der Waals surface area contributed by atoms with E-state index in [1.54, 1.807) is 34.6 Å². The maximum absolute atomic E-state index is 11.8. The van der Waals surface area contributed by atoms with Crippen LogP contribution < -0.4 is 0 Å². The Bertz CT molecular complexity index is 438. The lowest BCUT2D eigenvalue weighted by molar-refractivity contribution is -0.214. The van der Waals surface area contributed by atoms with Gasteiger partial charge in [0.25, 0.3) is 0 Å². The molecule has 114 valence electrons. The van der Waals surface area contributed by atoms with Gasteiger partial charge in [0.15, 0.2) is 0 Å². The second-order valence-corrected chi connectivity index (χ2v) is 5.71. The second kappa shape index (κ2) is 5.58. The van der Waals surface area contributed by atoms with Crippen molar-refractivity contribution in [3.05, 3.63) is 24.0 Å². The summed E-state index contributed by atoms with van der Waals surface area (Å²) in [4.78, 5) is 11.8. The molecule has 5 nitrogen and oxygen atoms in total. The maximum Gasteiger partial charge on any atom is 0.340 e. The fraction of sp³-hybridized carbons (Fsp3) is 0.667. The number of carbonyl (C=O) groups is 1. The van der Waals surface area contributed by atoms with Gasteiger partial charge in [0.1, 0.15) is 11.4 Å². The molecular weight excluding hydrogens is 260 g/mol. The number of aliphatic hydroxyl groups excluding tert-OH is 1. The van der Waals surface area contributed by atoms with Gasteiger partial charge in [-0.1, -0.05) is 13.0 Å². The summed E-state index contributed by atoms with van der Waals surface area (Å²) in [5.41, 5.74) is -0.569. The molecule has 1 aliphatic rings. The van der Waals surface area contributed by atoms with Crippen molar-refractivity contribution >= 4 is 5.97 Å². The molecule has 1 N–H and O–H groups in total. The summed E-state index contributed by atoms with van der Waals surface area (Å²) < 4.78 is 16.2. The molecule has 1 heterocycles. The Labute approximate surface area is 120 Å². The van der Waals surface area contributed by atoms with Gasteiger partial charge in [-0.15, -0.1) is 6.58 Å². The first-order valence-electron chi connectivity index (χ1n) is 6.58. The Kier molecular flexibility index (Phi) is 4.66. The third-order valence-electron chi connectivity index (χ3n) is 3.69. The number of rotatable bonds is 5. The van der Waals surface area contributed by atoms with Crippen molar-refractivity contribution in [3.8, 4) is 0 Å². The molecule has 0 aromatic carbocycles. The summed E-state index contributed by atoms with van der Waals surface area (Å²) in [6.07, 6.45) is 0.632. The molecule has 0 fully saturated rings. The second-order valence-electron chi connectivity index (χ2n) is 5.71. The molecule has 0 aromatic heterocycles. The first-order chi connectivity index (χ1) is 9.08. The van der Waals surface area contributed by atoms with Gasteiger partial charge in [-0.2, -0.15) is 0 Å². The van der Waals surface area contributed by atoms with Crippen LogP contribution in [0.2, 0.25) is 0 Å². The van der Waals surface area contributed by atoms with Crippen LogP contribution in [0.15, 0.2) is 24.0 Å². The fourth-order valence-electron chi connectivity index (χ4n) is 2.16. The van der Waals surface area contributed by atoms with Crippen LogP contribution in [0, 0.1) is 5.92 Å². The topological polar surface area (TPSA) is 65.0 Å². The van der Waals surface area contributed by atoms with Crippen molar-refractivity contribution in [1.82, 2.24) is 0 Å². The highest BCUT2D eigenvalue weighted by atomic mass is 16.7. The van der Waals surface area contributed by atoms with E-state index in [2.05, 4.69) is 6.58 Å². The molecule has 0 saturated carbocycles. The highest BCUT2D eigenvalue weighted by Gasteiger charge is 2.42. The molecule has 0 bridgehead atoms. The van der Waals surface area contributed by atoms with Gasteiger partial charge in [0.2, 0.25) is 5.79 Å². The molecule has 1 unspecified atom stereocenters. The van der Waals surface area contributed by atoms with E-state index in [0.29, 0.717) is 11.3 Å². The highest BCUT2D eigenvalue weighted by Crippen LogP contribution is 2.35. The number of hydrogen-bond donors (Lipinski definition) is 1. The van der Waals surface area contributed by atoms with Gasteiger partial charge in [-0.05, 0) is 13.8 Å². The standard InChI is InChI=1S/C15H24O5/c1-8-15(6,18-7)12(16)9(2)11-10(3)13(17)20-14(4,5)19-11/h8-9,12,16H,1H2,2-7H3/t9-,12+,15?/m0/s1. The van der Waals surface area contributed by atoms with Crippen LogP contribution in [0.3, 0.4) is 0 Å². The molecule has 20 heavy (non-hydrogen) atoms. The molecule has 1 rings (SSSR count). The van der Waals surface area contributed by atoms with Crippen molar-refractivity contribution in [2.45, 2.75) is 52.1 Å². The molecule has 1 aliphatic heterocycles. The van der Waals surface area contributed by atoms with Crippen LogP contribution in [-0.4, -0.2) is 35.7 Å². The number of methoxy groups -OCH3 is 1. The van der Waals surface area contributed by atoms with Gasteiger partial charge in [-0.3, -0.25) is 0 Å². The fourth-order valence-corrected chi connectivity index (χ4v) is 2.16. The molecular formula is C15H24O5. The lowest BCUT2D eigenvalue weighted by atomic mass is 9.86. The zero-order valence-corrected chi connectivity index (χ0v) is 13.0. The monoisotopic (exact) mass is 284 g/mol. The first-order valence-corrected chi connectivity index (χ1v) is 6.58. The largest absolute Gasteiger partial charge is 0.456 e. The summed E-state index contributed by atoms with van der Waals surface area (Å²) >= 11 is 0. The smallest absolute Gasteiger partial charge is 0.340 e. The third-order valence-corrected chi connectivity index (χ3v) is 3.69. The van der Waals surface area contributed by atoms with E-state index in [1.165, 1.54) is 13.2 Å². The van der Waals surface area contributed by atoms with Gasteiger partial charge >= 0.3 is 5.97 Å². The average Bonchev–Trinajstić information content (AvgIpc) is 2.39. The molecule has 0 aliphatic carbocycles. The first kappa shape index (κ1) is 16.7. The molecule has 0 radical (unpaired) electrons. The number of cyclic esters (lactones) is 1. The molecule has 0 aromatic rings. The van der Waals surface area contributed by atoms with E-state index >= 15 is 0 Å². The number of ether oxygens (including phenoxy) is 3. The Hall–Kier alpha value is -1.33. The molecule has 3 atom stereocenters. The van der Waals surface area contributed by atoms with Crippen molar-refractivity contribution < 1.29 is 24.1 Å². The number of hydrogen-bond acceptors (Lipinski definition) is 5. The number of aliphatic hydroxyl groups is 1. The minimum absolute atomic E-state index is 0.360. The quantitative estimate of drug-likeness (QED) is 0.619. The van der Waals surface area contributed by atoms with Crippen LogP contribution in [0.1, 0.15) is 34.6 Å². The van der Waals surface area contributed by atoms with E-state index in [1.807, 2.05) is 0 Å². The van der Waals surface area contributed by atoms with E-state index < -0.39 is 29.4 Å². The summed E-state index contributed by atoms with van der Waals surface area (Å²) in [5, 5.41) is 10.5. The molecule has 0 amide bonds. The van der Waals surface area contributed by atoms with Crippen molar-refractivity contribution in [2.24, 2.45) is 5.92 Å². The minimum atomic E-state index is -1.04. The zero-order valence-electron chi connectivity index (χ0n) is 13.0. The predicted octanol–water partition coefficient (Wildman–Crippen LogP) is 2.16. The van der Waals surface area contributed by atoms with Crippen LogP contribution in [0.4, 0.5) is 0 Å². The highest BCUT2D eigenvalue weighted by molar-refractivity contribution is 5.89. The minimum Gasteiger partial charge on any atom is -0.456 e. The Balaban J connectivity index is 3.13. The van der Waals surface area contributed by atoms with E-state index in [4.69, 9.17) is 14.2 Å². The summed E-state index contributed by atoms with van der Waals surface area (Å²) in [7, 11) is 1.50. The van der Waals surface area contributed by atoms with Crippen LogP contribution in [0.5, 0.6) is 0 Å². The van der Waals surface area contributed by atoms with Crippen molar-refractivity contribution in [1.29, 1.82) is 0 Å². The number of esters is 1. The van der Waals surface area contributed by atoms with Gasteiger partial charge in [-0.25, -0.2) is 4.79 Å². The maximum atomic E-state index is 11.8. The SMILES string of the molecule is C=CC(C)(OC)[C@H](O)[C@@H](C)C1=C(C)C(=O)OC(C)(C)O1. The van der Waals surface area contributed by atoms with Crippen molar-refractivity contribution in [2.75, 3.05) is 7.11 Å². The predicted molar refractivity (Wildman–Crippen MR) is 74.7 cm³/mol. The Morgan fingerprint density at radius 1 is 1.45 bits per heavy atom. The van der Waals surface area contributed by atoms with E-state index in [0.717, 1.165) is 0 Å². The zero-order chi connectivity index (χ0) is 15.7. The Morgan fingerprint density at radius 3 is 2.45 bits per heavy atom. The van der Waals surface area contributed by atoms with Gasteiger partial charge < -0.3 is 19.3 Å². The molecule has 5 heteroatoms. The van der Waals surface area contributed by atoms with E-state index in [9.17, 15) is 9.90 Å².